The van der Waals surface area contributed by atoms with Gasteiger partial charge in [0.05, 0.1) is 11.7 Å². The molecule has 23 heavy (non-hydrogen) atoms. The van der Waals surface area contributed by atoms with Gasteiger partial charge in [-0.2, -0.15) is 5.10 Å². The van der Waals surface area contributed by atoms with Crippen LogP contribution in [0.2, 0.25) is 0 Å². The quantitative estimate of drug-likeness (QED) is 0.836. The van der Waals surface area contributed by atoms with Crippen LogP contribution >= 0.6 is 0 Å². The van der Waals surface area contributed by atoms with E-state index in [9.17, 15) is 0 Å². The molecule has 1 aliphatic rings. The summed E-state index contributed by atoms with van der Waals surface area (Å²) in [6.45, 7) is 15.5. The lowest BCUT2D eigenvalue weighted by molar-refractivity contribution is 0.111. The molecular formula is C19H30N4. The van der Waals surface area contributed by atoms with Crippen LogP contribution < -0.4 is 0 Å². The summed E-state index contributed by atoms with van der Waals surface area (Å²) in [7, 11) is 0. The molecule has 0 aliphatic carbocycles. The van der Waals surface area contributed by atoms with Crippen molar-refractivity contribution in [3.63, 3.8) is 0 Å². The molecule has 1 atom stereocenters. The second-order valence-electron chi connectivity index (χ2n) is 7.16. The Kier molecular flexibility index (Phi) is 4.62. The molecule has 0 spiro atoms. The second-order valence-corrected chi connectivity index (χ2v) is 7.16. The van der Waals surface area contributed by atoms with Crippen LogP contribution in [0.15, 0.2) is 18.3 Å². The predicted molar refractivity (Wildman–Crippen MR) is 94.4 cm³/mol. The normalized spacial score (nSPS) is 18.6. The Morgan fingerprint density at radius 2 is 2.04 bits per heavy atom. The molecule has 0 bridgehead atoms. The zero-order valence-corrected chi connectivity index (χ0v) is 15.2. The van der Waals surface area contributed by atoms with Gasteiger partial charge >= 0.3 is 0 Å². The van der Waals surface area contributed by atoms with Gasteiger partial charge in [-0.1, -0.05) is 20.8 Å². The molecule has 2 aromatic heterocycles. The molecule has 0 saturated heterocycles. The Labute approximate surface area is 140 Å². The maximum absolute atomic E-state index is 4.75. The van der Waals surface area contributed by atoms with Gasteiger partial charge in [-0.25, -0.2) is 0 Å². The summed E-state index contributed by atoms with van der Waals surface area (Å²) in [5, 5.41) is 4.75. The van der Waals surface area contributed by atoms with Crippen LogP contribution in [0.1, 0.15) is 55.9 Å². The smallest absolute Gasteiger partial charge is 0.0641 e. The summed E-state index contributed by atoms with van der Waals surface area (Å²) in [5.41, 5.74) is 5.42. The molecule has 0 radical (unpaired) electrons. The third-order valence-electron chi connectivity index (χ3n) is 5.15. The van der Waals surface area contributed by atoms with Gasteiger partial charge in [0, 0.05) is 49.3 Å². The maximum Gasteiger partial charge on any atom is 0.0641 e. The molecule has 2 aromatic rings. The second kappa shape index (κ2) is 6.52. The fraction of sp³-hybridized carbons (Fsp3) is 0.632. The van der Waals surface area contributed by atoms with Gasteiger partial charge in [0.25, 0.3) is 0 Å². The first-order valence-corrected chi connectivity index (χ1v) is 8.94. The Bertz CT molecular complexity index is 665. The first kappa shape index (κ1) is 16.3. The summed E-state index contributed by atoms with van der Waals surface area (Å²) < 4.78 is 4.60. The molecule has 0 aromatic carbocycles. The van der Waals surface area contributed by atoms with E-state index in [4.69, 9.17) is 5.10 Å². The number of nitrogens with zero attached hydrogens (tertiary/aromatic N) is 4. The van der Waals surface area contributed by atoms with E-state index in [0.717, 1.165) is 32.6 Å². The minimum atomic E-state index is 0.493. The number of hydrogen-bond donors (Lipinski definition) is 0. The minimum absolute atomic E-state index is 0.493. The number of aryl methyl sites for hydroxylation is 2. The van der Waals surface area contributed by atoms with E-state index < -0.39 is 0 Å². The van der Waals surface area contributed by atoms with Crippen molar-refractivity contribution >= 4 is 0 Å². The Balaban J connectivity index is 1.88. The van der Waals surface area contributed by atoms with Gasteiger partial charge in [-0.05, 0) is 38.3 Å². The van der Waals surface area contributed by atoms with Crippen molar-refractivity contribution < 1.29 is 0 Å². The number of rotatable bonds is 5. The highest BCUT2D eigenvalue weighted by Gasteiger charge is 2.30. The van der Waals surface area contributed by atoms with E-state index in [1.54, 1.807) is 0 Å². The van der Waals surface area contributed by atoms with E-state index >= 15 is 0 Å². The van der Waals surface area contributed by atoms with Crippen LogP contribution in [0.25, 0.3) is 0 Å². The van der Waals surface area contributed by atoms with Crippen molar-refractivity contribution in [2.75, 3.05) is 6.54 Å². The fourth-order valence-electron chi connectivity index (χ4n) is 4.00. The summed E-state index contributed by atoms with van der Waals surface area (Å²) in [6.07, 6.45) is 3.35. The summed E-state index contributed by atoms with van der Waals surface area (Å²) in [6, 6.07) is 4.97. The van der Waals surface area contributed by atoms with Crippen LogP contribution in [-0.2, 0) is 19.6 Å². The Morgan fingerprint density at radius 3 is 2.74 bits per heavy atom. The van der Waals surface area contributed by atoms with E-state index in [2.05, 4.69) is 67.1 Å². The number of aromatic nitrogens is 3. The van der Waals surface area contributed by atoms with Crippen LogP contribution in [-0.4, -0.2) is 25.8 Å². The number of fused-ring (bicyclic) bond motifs is 1. The molecule has 0 N–H and O–H groups in total. The molecule has 4 nitrogen and oxygen atoms in total. The van der Waals surface area contributed by atoms with Gasteiger partial charge in [0.1, 0.15) is 0 Å². The topological polar surface area (TPSA) is 26.0 Å². The molecule has 0 amide bonds. The molecule has 0 unspecified atom stereocenters. The van der Waals surface area contributed by atoms with E-state index in [0.29, 0.717) is 12.0 Å². The largest absolute Gasteiger partial charge is 0.349 e. The third kappa shape index (κ3) is 2.97. The lowest BCUT2D eigenvalue weighted by Gasteiger charge is -2.39. The SMILES string of the molecule is CCCn1nc(C)c(CN2CCn3cccc3[C@@H]2C(C)C)c1C. The molecule has 0 saturated carbocycles. The van der Waals surface area contributed by atoms with Crippen molar-refractivity contribution in [3.8, 4) is 0 Å². The Hall–Kier alpha value is -1.55. The molecule has 1 aliphatic heterocycles. The molecule has 3 heterocycles. The van der Waals surface area contributed by atoms with E-state index in [1.807, 2.05) is 0 Å². The van der Waals surface area contributed by atoms with Gasteiger partial charge in [0.2, 0.25) is 0 Å². The molecule has 3 rings (SSSR count). The summed E-state index contributed by atoms with van der Waals surface area (Å²) in [5.74, 6) is 0.607. The average Bonchev–Trinajstić information content (AvgIpc) is 3.07. The highest BCUT2D eigenvalue weighted by Crippen LogP contribution is 2.34. The van der Waals surface area contributed by atoms with Gasteiger partial charge < -0.3 is 4.57 Å². The molecule has 126 valence electrons. The van der Waals surface area contributed by atoms with E-state index in [1.165, 1.54) is 22.6 Å². The molecule has 4 heteroatoms. The first-order chi connectivity index (χ1) is 11.0. The average molecular weight is 314 g/mol. The molecule has 0 fully saturated rings. The van der Waals surface area contributed by atoms with Crippen molar-refractivity contribution in [3.05, 3.63) is 41.0 Å². The van der Waals surface area contributed by atoms with Crippen molar-refractivity contribution in [1.82, 2.24) is 19.2 Å². The lowest BCUT2D eigenvalue weighted by atomic mass is 9.96. The minimum Gasteiger partial charge on any atom is -0.349 e. The third-order valence-corrected chi connectivity index (χ3v) is 5.15. The van der Waals surface area contributed by atoms with Crippen LogP contribution in [0.5, 0.6) is 0 Å². The molecular weight excluding hydrogens is 284 g/mol. The zero-order valence-electron chi connectivity index (χ0n) is 15.2. The zero-order chi connectivity index (χ0) is 16.6. The standard InChI is InChI=1S/C19H30N4/c1-6-9-23-16(5)17(15(4)20-23)13-22-12-11-21-10-7-8-18(21)19(22)14(2)3/h7-8,10,14,19H,6,9,11-13H2,1-5H3/t19-/m0/s1. The fourth-order valence-corrected chi connectivity index (χ4v) is 4.00. The van der Waals surface area contributed by atoms with Crippen molar-refractivity contribution in [1.29, 1.82) is 0 Å². The first-order valence-electron chi connectivity index (χ1n) is 8.94. The van der Waals surface area contributed by atoms with Crippen molar-refractivity contribution in [2.24, 2.45) is 5.92 Å². The highest BCUT2D eigenvalue weighted by molar-refractivity contribution is 5.25. The maximum atomic E-state index is 4.75. The predicted octanol–water partition coefficient (Wildman–Crippen LogP) is 3.92. The summed E-state index contributed by atoms with van der Waals surface area (Å²) >= 11 is 0. The van der Waals surface area contributed by atoms with Gasteiger partial charge in [-0.15, -0.1) is 0 Å². The highest BCUT2D eigenvalue weighted by atomic mass is 15.3. The Morgan fingerprint density at radius 1 is 1.26 bits per heavy atom. The van der Waals surface area contributed by atoms with Crippen molar-refractivity contribution in [2.45, 2.75) is 66.7 Å². The van der Waals surface area contributed by atoms with Crippen LogP contribution in [0.3, 0.4) is 0 Å². The lowest BCUT2D eigenvalue weighted by Crippen LogP contribution is -2.39. The monoisotopic (exact) mass is 314 g/mol. The van der Waals surface area contributed by atoms with Gasteiger partial charge in [-0.3, -0.25) is 9.58 Å². The summed E-state index contributed by atoms with van der Waals surface area (Å²) in [4.78, 5) is 2.65. The number of hydrogen-bond acceptors (Lipinski definition) is 2. The van der Waals surface area contributed by atoms with Gasteiger partial charge in [0.15, 0.2) is 0 Å². The van der Waals surface area contributed by atoms with Crippen LogP contribution in [0, 0.1) is 19.8 Å². The van der Waals surface area contributed by atoms with Crippen LogP contribution in [0.4, 0.5) is 0 Å². The van der Waals surface area contributed by atoms with E-state index in [-0.39, 0.29) is 0 Å².